The van der Waals surface area contributed by atoms with E-state index in [1.807, 2.05) is 6.92 Å². The fourth-order valence-corrected chi connectivity index (χ4v) is 0.645. The molecule has 0 saturated carbocycles. The summed E-state index contributed by atoms with van der Waals surface area (Å²) in [5, 5.41) is 9.05. The third kappa shape index (κ3) is 4.34. The van der Waals surface area contributed by atoms with Gasteiger partial charge in [0.25, 0.3) is 0 Å². The van der Waals surface area contributed by atoms with Crippen LogP contribution < -0.4 is 0 Å². The molecule has 1 N–H and O–H groups in total. The van der Waals surface area contributed by atoms with Crippen LogP contribution in [0, 0.1) is 5.92 Å². The number of carbonyl (C=O) groups excluding carboxylic acids is 1. The normalized spacial score (nSPS) is 15.3. The van der Waals surface area contributed by atoms with Crippen molar-refractivity contribution in [1.29, 1.82) is 0 Å². The predicted molar refractivity (Wildman–Crippen MR) is 46.7 cm³/mol. The standard InChI is InChI=1S/C9H18O3/c1-4-5-6-12-9(11)7(2)8(3)10/h7-8,10H,4-6H2,1-3H3/t7-,8+/m0/s1. The second-order valence-electron chi connectivity index (χ2n) is 3.05. The molecule has 12 heavy (non-hydrogen) atoms. The van der Waals surface area contributed by atoms with Crippen LogP contribution in [-0.4, -0.2) is 23.8 Å². The van der Waals surface area contributed by atoms with Gasteiger partial charge in [0.15, 0.2) is 0 Å². The molecule has 0 radical (unpaired) electrons. The third-order valence-electron chi connectivity index (χ3n) is 1.84. The van der Waals surface area contributed by atoms with Gasteiger partial charge in [0.1, 0.15) is 0 Å². The van der Waals surface area contributed by atoms with Crippen LogP contribution in [0.3, 0.4) is 0 Å². The summed E-state index contributed by atoms with van der Waals surface area (Å²) in [5.74, 6) is -0.722. The maximum absolute atomic E-state index is 11.1. The largest absolute Gasteiger partial charge is 0.465 e. The van der Waals surface area contributed by atoms with Crippen LogP contribution in [0.15, 0.2) is 0 Å². The molecule has 0 saturated heterocycles. The highest BCUT2D eigenvalue weighted by Crippen LogP contribution is 2.04. The molecule has 0 aliphatic carbocycles. The summed E-state index contributed by atoms with van der Waals surface area (Å²) in [7, 11) is 0. The molecular weight excluding hydrogens is 156 g/mol. The minimum Gasteiger partial charge on any atom is -0.465 e. The van der Waals surface area contributed by atoms with Crippen molar-refractivity contribution in [3.8, 4) is 0 Å². The van der Waals surface area contributed by atoms with E-state index in [-0.39, 0.29) is 5.97 Å². The minimum absolute atomic E-state index is 0.307. The van der Waals surface area contributed by atoms with E-state index in [1.165, 1.54) is 0 Å². The van der Waals surface area contributed by atoms with Gasteiger partial charge in [-0.05, 0) is 20.3 Å². The first-order chi connectivity index (χ1) is 5.59. The molecule has 0 aliphatic heterocycles. The van der Waals surface area contributed by atoms with Crippen LogP contribution in [0.2, 0.25) is 0 Å². The van der Waals surface area contributed by atoms with E-state index in [0.29, 0.717) is 6.61 Å². The fourth-order valence-electron chi connectivity index (χ4n) is 0.645. The Bertz CT molecular complexity index is 132. The SMILES string of the molecule is CCCCOC(=O)[C@@H](C)[C@@H](C)O. The number of ether oxygens (including phenoxy) is 1. The van der Waals surface area contributed by atoms with Crippen molar-refractivity contribution in [2.45, 2.75) is 39.7 Å². The highest BCUT2D eigenvalue weighted by Gasteiger charge is 2.18. The van der Waals surface area contributed by atoms with E-state index in [9.17, 15) is 4.79 Å². The molecule has 3 heteroatoms. The van der Waals surface area contributed by atoms with Crippen LogP contribution >= 0.6 is 0 Å². The Morgan fingerprint density at radius 3 is 2.50 bits per heavy atom. The van der Waals surface area contributed by atoms with Crippen molar-refractivity contribution in [3.05, 3.63) is 0 Å². The first-order valence-corrected chi connectivity index (χ1v) is 4.44. The molecule has 2 atom stereocenters. The zero-order valence-corrected chi connectivity index (χ0v) is 8.04. The Morgan fingerprint density at radius 2 is 2.08 bits per heavy atom. The van der Waals surface area contributed by atoms with Crippen molar-refractivity contribution in [3.63, 3.8) is 0 Å². The maximum atomic E-state index is 11.1. The van der Waals surface area contributed by atoms with Gasteiger partial charge in [0.05, 0.1) is 18.6 Å². The summed E-state index contributed by atoms with van der Waals surface area (Å²) in [5.41, 5.74) is 0. The number of aliphatic hydroxyl groups excluding tert-OH is 1. The van der Waals surface area contributed by atoms with E-state index >= 15 is 0 Å². The molecule has 72 valence electrons. The first-order valence-electron chi connectivity index (χ1n) is 4.44. The Morgan fingerprint density at radius 1 is 1.50 bits per heavy atom. The Kier molecular flexibility index (Phi) is 5.72. The monoisotopic (exact) mass is 174 g/mol. The van der Waals surface area contributed by atoms with Gasteiger partial charge >= 0.3 is 5.97 Å². The van der Waals surface area contributed by atoms with E-state index in [1.54, 1.807) is 13.8 Å². The average molecular weight is 174 g/mol. The molecule has 0 aromatic heterocycles. The van der Waals surface area contributed by atoms with E-state index in [4.69, 9.17) is 9.84 Å². The number of hydrogen-bond donors (Lipinski definition) is 1. The number of carbonyl (C=O) groups is 1. The number of unbranched alkanes of at least 4 members (excludes halogenated alkanes) is 1. The highest BCUT2D eigenvalue weighted by molar-refractivity contribution is 5.72. The van der Waals surface area contributed by atoms with Gasteiger partial charge in [-0.2, -0.15) is 0 Å². The van der Waals surface area contributed by atoms with Crippen LogP contribution in [0.4, 0.5) is 0 Å². The van der Waals surface area contributed by atoms with Gasteiger partial charge in [0.2, 0.25) is 0 Å². The summed E-state index contributed by atoms with van der Waals surface area (Å²) in [6.45, 7) is 5.75. The summed E-state index contributed by atoms with van der Waals surface area (Å²) in [6, 6.07) is 0. The first kappa shape index (κ1) is 11.4. The van der Waals surface area contributed by atoms with E-state index in [2.05, 4.69) is 0 Å². The van der Waals surface area contributed by atoms with Gasteiger partial charge in [-0.25, -0.2) is 0 Å². The van der Waals surface area contributed by atoms with Crippen LogP contribution in [0.25, 0.3) is 0 Å². The molecule has 0 heterocycles. The number of rotatable bonds is 5. The molecule has 0 aromatic carbocycles. The zero-order valence-electron chi connectivity index (χ0n) is 8.04. The van der Waals surface area contributed by atoms with E-state index in [0.717, 1.165) is 12.8 Å². The lowest BCUT2D eigenvalue weighted by molar-refractivity contribution is -0.151. The molecule has 0 amide bonds. The maximum Gasteiger partial charge on any atom is 0.311 e. The van der Waals surface area contributed by atoms with Crippen molar-refractivity contribution >= 4 is 5.97 Å². The molecule has 0 aromatic rings. The predicted octanol–water partition coefficient (Wildman–Crippen LogP) is 1.35. The Balaban J connectivity index is 3.57. The van der Waals surface area contributed by atoms with Crippen molar-refractivity contribution in [2.24, 2.45) is 5.92 Å². The van der Waals surface area contributed by atoms with Crippen molar-refractivity contribution < 1.29 is 14.6 Å². The summed E-state index contributed by atoms with van der Waals surface area (Å²) in [4.78, 5) is 11.1. The average Bonchev–Trinajstić information content (AvgIpc) is 2.03. The molecule has 0 spiro atoms. The van der Waals surface area contributed by atoms with E-state index < -0.39 is 12.0 Å². The topological polar surface area (TPSA) is 46.5 Å². The number of esters is 1. The number of hydrogen-bond acceptors (Lipinski definition) is 3. The summed E-state index contributed by atoms with van der Waals surface area (Å²) < 4.78 is 4.91. The second kappa shape index (κ2) is 6.00. The van der Waals surface area contributed by atoms with Gasteiger partial charge in [-0.3, -0.25) is 4.79 Å². The second-order valence-corrected chi connectivity index (χ2v) is 3.05. The molecule has 0 rings (SSSR count). The van der Waals surface area contributed by atoms with Crippen LogP contribution in [-0.2, 0) is 9.53 Å². The van der Waals surface area contributed by atoms with Gasteiger partial charge in [0, 0.05) is 0 Å². The van der Waals surface area contributed by atoms with Crippen LogP contribution in [0.5, 0.6) is 0 Å². The lowest BCUT2D eigenvalue weighted by Gasteiger charge is -2.13. The summed E-state index contributed by atoms with van der Waals surface area (Å²) in [6.07, 6.45) is 1.27. The van der Waals surface area contributed by atoms with Crippen LogP contribution in [0.1, 0.15) is 33.6 Å². The molecule has 0 bridgehead atoms. The van der Waals surface area contributed by atoms with Gasteiger partial charge in [-0.15, -0.1) is 0 Å². The number of aliphatic hydroxyl groups is 1. The molecular formula is C9H18O3. The quantitative estimate of drug-likeness (QED) is 0.505. The summed E-state index contributed by atoms with van der Waals surface area (Å²) >= 11 is 0. The third-order valence-corrected chi connectivity index (χ3v) is 1.84. The molecule has 0 fully saturated rings. The molecule has 3 nitrogen and oxygen atoms in total. The highest BCUT2D eigenvalue weighted by atomic mass is 16.5. The molecule has 0 aliphatic rings. The minimum atomic E-state index is -0.626. The van der Waals surface area contributed by atoms with Gasteiger partial charge < -0.3 is 9.84 Å². The Labute approximate surface area is 73.7 Å². The van der Waals surface area contributed by atoms with Crippen molar-refractivity contribution in [2.75, 3.05) is 6.61 Å². The molecule has 0 unspecified atom stereocenters. The fraction of sp³-hybridized carbons (Fsp3) is 0.889. The smallest absolute Gasteiger partial charge is 0.311 e. The zero-order chi connectivity index (χ0) is 9.56. The van der Waals surface area contributed by atoms with Gasteiger partial charge in [-0.1, -0.05) is 13.3 Å². The lowest BCUT2D eigenvalue weighted by Crippen LogP contribution is -2.25. The Hall–Kier alpha value is -0.570. The van der Waals surface area contributed by atoms with Crippen molar-refractivity contribution in [1.82, 2.24) is 0 Å². The lowest BCUT2D eigenvalue weighted by atomic mass is 10.1.